The van der Waals surface area contributed by atoms with Crippen molar-refractivity contribution < 1.29 is 14.3 Å². The van der Waals surface area contributed by atoms with Gasteiger partial charge in [-0.3, -0.25) is 0 Å². The van der Waals surface area contributed by atoms with Crippen molar-refractivity contribution in [3.8, 4) is 5.75 Å². The van der Waals surface area contributed by atoms with Crippen molar-refractivity contribution in [1.29, 1.82) is 0 Å². The smallest absolute Gasteiger partial charge is 0.343 e. The van der Waals surface area contributed by atoms with Crippen LogP contribution in [0.5, 0.6) is 5.75 Å². The fourth-order valence-electron chi connectivity index (χ4n) is 1.86. The number of anilines is 2. The maximum Gasteiger partial charge on any atom is 0.343 e. The van der Waals surface area contributed by atoms with Crippen LogP contribution in [0.2, 0.25) is 0 Å². The first-order chi connectivity index (χ1) is 10.2. The van der Waals surface area contributed by atoms with Crippen molar-refractivity contribution >= 4 is 28.2 Å². The third-order valence-electron chi connectivity index (χ3n) is 2.75. The van der Waals surface area contributed by atoms with Crippen LogP contribution in [0.3, 0.4) is 0 Å². The van der Waals surface area contributed by atoms with Crippen molar-refractivity contribution in [2.24, 2.45) is 0 Å². The maximum atomic E-state index is 12.0. The van der Waals surface area contributed by atoms with Crippen molar-refractivity contribution in [2.75, 3.05) is 18.5 Å². The number of ether oxygens (including phenoxy) is 2. The predicted molar refractivity (Wildman–Crippen MR) is 83.7 cm³/mol. The molecular formula is C15H18N2O3S. The van der Waals surface area contributed by atoms with Gasteiger partial charge in [-0.25, -0.2) is 4.79 Å². The molecule has 0 saturated carbocycles. The highest BCUT2D eigenvalue weighted by Crippen LogP contribution is 2.30. The molecule has 1 aromatic carbocycles. The van der Waals surface area contributed by atoms with E-state index in [-0.39, 0.29) is 5.97 Å². The van der Waals surface area contributed by atoms with Gasteiger partial charge in [-0.05, 0) is 44.4 Å². The lowest BCUT2D eigenvalue weighted by Gasteiger charge is -2.09. The molecule has 0 aliphatic heterocycles. The summed E-state index contributed by atoms with van der Waals surface area (Å²) in [5, 5.41) is 3.89. The second-order valence-corrected chi connectivity index (χ2v) is 5.05. The molecule has 6 heteroatoms. The molecule has 0 spiro atoms. The Balaban J connectivity index is 2.23. The summed E-state index contributed by atoms with van der Waals surface area (Å²) in [4.78, 5) is 12.0. The number of hydrogen-bond acceptors (Lipinski definition) is 6. The molecule has 0 aliphatic rings. The quantitative estimate of drug-likeness (QED) is 0.823. The summed E-state index contributed by atoms with van der Waals surface area (Å²) in [5.74, 6) is 0.425. The van der Waals surface area contributed by atoms with E-state index in [9.17, 15) is 4.79 Å². The molecule has 0 aliphatic carbocycles. The van der Waals surface area contributed by atoms with E-state index < -0.39 is 0 Å². The van der Waals surface area contributed by atoms with Gasteiger partial charge in [-0.1, -0.05) is 6.07 Å². The number of hydrogen-bond donors (Lipinski definition) is 1. The van der Waals surface area contributed by atoms with E-state index in [4.69, 9.17) is 9.47 Å². The molecule has 5 nitrogen and oxygen atoms in total. The Morgan fingerprint density at radius 1 is 1.33 bits per heavy atom. The Morgan fingerprint density at radius 2 is 2.14 bits per heavy atom. The summed E-state index contributed by atoms with van der Waals surface area (Å²) >= 11 is 1.24. The minimum Gasteiger partial charge on any atom is -0.494 e. The highest BCUT2D eigenvalue weighted by atomic mass is 32.1. The fourth-order valence-corrected chi connectivity index (χ4v) is 2.67. The van der Waals surface area contributed by atoms with Gasteiger partial charge in [-0.2, -0.15) is 4.37 Å². The minimum atomic E-state index is -0.354. The average molecular weight is 306 g/mol. The summed E-state index contributed by atoms with van der Waals surface area (Å²) < 4.78 is 14.8. The highest BCUT2D eigenvalue weighted by Gasteiger charge is 2.19. The molecule has 0 radical (unpaired) electrons. The van der Waals surface area contributed by atoms with Crippen molar-refractivity contribution in [1.82, 2.24) is 4.37 Å². The van der Waals surface area contributed by atoms with Crippen LogP contribution in [0.15, 0.2) is 24.3 Å². The lowest BCUT2D eigenvalue weighted by Crippen LogP contribution is -2.07. The Bertz CT molecular complexity index is 625. The van der Waals surface area contributed by atoms with Gasteiger partial charge in [0.1, 0.15) is 16.3 Å². The zero-order valence-electron chi connectivity index (χ0n) is 12.3. The minimum absolute atomic E-state index is 0.341. The summed E-state index contributed by atoms with van der Waals surface area (Å²) in [6.07, 6.45) is 0. The van der Waals surface area contributed by atoms with Crippen LogP contribution in [-0.4, -0.2) is 23.6 Å². The Hall–Kier alpha value is -2.08. The first-order valence-corrected chi connectivity index (χ1v) is 7.56. The molecule has 0 bridgehead atoms. The van der Waals surface area contributed by atoms with Gasteiger partial charge in [0.25, 0.3) is 0 Å². The molecule has 0 unspecified atom stereocenters. The SMILES string of the molecule is CCOC(=O)c1c(C)nsc1Nc1cccc(OCC)c1. The Morgan fingerprint density at radius 3 is 2.86 bits per heavy atom. The van der Waals surface area contributed by atoms with E-state index in [2.05, 4.69) is 9.69 Å². The molecule has 1 aromatic heterocycles. The molecule has 21 heavy (non-hydrogen) atoms. The van der Waals surface area contributed by atoms with Crippen LogP contribution in [0.1, 0.15) is 29.9 Å². The molecule has 1 heterocycles. The number of esters is 1. The zero-order chi connectivity index (χ0) is 15.2. The van der Waals surface area contributed by atoms with Gasteiger partial charge in [0.05, 0.1) is 18.9 Å². The van der Waals surface area contributed by atoms with Gasteiger partial charge < -0.3 is 14.8 Å². The third-order valence-corrected chi connectivity index (χ3v) is 3.60. The number of aromatic nitrogens is 1. The Labute approximate surface area is 128 Å². The molecule has 2 aromatic rings. The molecule has 1 N–H and O–H groups in total. The van der Waals surface area contributed by atoms with E-state index in [1.165, 1.54) is 11.5 Å². The number of carbonyl (C=O) groups excluding carboxylic acids is 1. The lowest BCUT2D eigenvalue weighted by molar-refractivity contribution is 0.0527. The second kappa shape index (κ2) is 7.08. The van der Waals surface area contributed by atoms with E-state index in [1.54, 1.807) is 13.8 Å². The van der Waals surface area contributed by atoms with E-state index in [1.807, 2.05) is 31.2 Å². The van der Waals surface area contributed by atoms with Crippen molar-refractivity contribution in [3.63, 3.8) is 0 Å². The maximum absolute atomic E-state index is 12.0. The zero-order valence-corrected chi connectivity index (χ0v) is 13.1. The van der Waals surface area contributed by atoms with E-state index in [0.29, 0.717) is 29.5 Å². The van der Waals surface area contributed by atoms with Crippen LogP contribution >= 0.6 is 11.5 Å². The highest BCUT2D eigenvalue weighted by molar-refractivity contribution is 7.10. The standard InChI is InChI=1S/C15H18N2O3S/c1-4-19-12-8-6-7-11(9-12)16-14-13(10(3)17-21-14)15(18)20-5-2/h6-9,16H,4-5H2,1-3H3. The average Bonchev–Trinajstić information content (AvgIpc) is 2.81. The van der Waals surface area contributed by atoms with E-state index in [0.717, 1.165) is 11.4 Å². The lowest BCUT2D eigenvalue weighted by atomic mass is 10.2. The second-order valence-electron chi connectivity index (χ2n) is 4.28. The fraction of sp³-hybridized carbons (Fsp3) is 0.333. The van der Waals surface area contributed by atoms with Crippen LogP contribution < -0.4 is 10.1 Å². The van der Waals surface area contributed by atoms with Crippen molar-refractivity contribution in [2.45, 2.75) is 20.8 Å². The van der Waals surface area contributed by atoms with Gasteiger partial charge in [0, 0.05) is 11.8 Å². The van der Waals surface area contributed by atoms with Crippen LogP contribution in [0.4, 0.5) is 10.7 Å². The summed E-state index contributed by atoms with van der Waals surface area (Å²) in [6, 6.07) is 7.57. The Kier molecular flexibility index (Phi) is 5.16. The number of rotatable bonds is 6. The monoisotopic (exact) mass is 306 g/mol. The van der Waals surface area contributed by atoms with Gasteiger partial charge >= 0.3 is 5.97 Å². The molecule has 2 rings (SSSR count). The normalized spacial score (nSPS) is 10.2. The molecule has 0 atom stereocenters. The van der Waals surface area contributed by atoms with Crippen LogP contribution in [0.25, 0.3) is 0 Å². The first kappa shape index (κ1) is 15.3. The number of nitrogens with one attached hydrogen (secondary N) is 1. The van der Waals surface area contributed by atoms with Gasteiger partial charge in [0.15, 0.2) is 0 Å². The topological polar surface area (TPSA) is 60.5 Å². The molecule has 112 valence electrons. The number of benzene rings is 1. The number of aryl methyl sites for hydroxylation is 1. The van der Waals surface area contributed by atoms with Gasteiger partial charge in [0.2, 0.25) is 0 Å². The largest absolute Gasteiger partial charge is 0.494 e. The summed E-state index contributed by atoms with van der Waals surface area (Å²) in [6.45, 7) is 6.46. The van der Waals surface area contributed by atoms with E-state index >= 15 is 0 Å². The molecular weight excluding hydrogens is 288 g/mol. The molecule has 0 saturated heterocycles. The molecule has 0 amide bonds. The number of nitrogens with zero attached hydrogens (tertiary/aromatic N) is 1. The summed E-state index contributed by atoms with van der Waals surface area (Å²) in [7, 11) is 0. The van der Waals surface area contributed by atoms with Crippen LogP contribution in [0, 0.1) is 6.92 Å². The molecule has 0 fully saturated rings. The van der Waals surface area contributed by atoms with Crippen LogP contribution in [-0.2, 0) is 4.74 Å². The van der Waals surface area contributed by atoms with Gasteiger partial charge in [-0.15, -0.1) is 0 Å². The summed E-state index contributed by atoms with van der Waals surface area (Å²) in [5.41, 5.74) is 2.00. The third kappa shape index (κ3) is 3.72. The predicted octanol–water partition coefficient (Wildman–Crippen LogP) is 3.77. The first-order valence-electron chi connectivity index (χ1n) is 6.79. The van der Waals surface area contributed by atoms with Crippen molar-refractivity contribution in [3.05, 3.63) is 35.5 Å². The number of carbonyl (C=O) groups is 1.